The lowest BCUT2D eigenvalue weighted by atomic mass is 9.73. The summed E-state index contributed by atoms with van der Waals surface area (Å²) in [6.07, 6.45) is 2.17. The van der Waals surface area contributed by atoms with E-state index in [1.54, 1.807) is 0 Å². The predicted molar refractivity (Wildman–Crippen MR) is 270 cm³/mol. The number of anilines is 3. The minimum Gasteiger partial charge on any atom is -0.456 e. The minimum atomic E-state index is -0.136. The average molecular weight is 830 g/mol. The lowest BCUT2D eigenvalue weighted by Gasteiger charge is -2.29. The van der Waals surface area contributed by atoms with Crippen LogP contribution in [0.4, 0.5) is 17.1 Å². The molecule has 0 aliphatic heterocycles. The highest BCUT2D eigenvalue weighted by molar-refractivity contribution is 6.14. The fourth-order valence-corrected chi connectivity index (χ4v) is 11.3. The monoisotopic (exact) mass is 829 g/mol. The molecule has 1 unspecified atom stereocenters. The summed E-state index contributed by atoms with van der Waals surface area (Å²) in [5.41, 5.74) is 22.8. The van der Waals surface area contributed by atoms with Crippen molar-refractivity contribution in [3.63, 3.8) is 0 Å². The number of rotatable bonds is 7. The Morgan fingerprint density at radius 2 is 0.923 bits per heavy atom. The molecule has 0 radical (unpaired) electrons. The Morgan fingerprint density at radius 3 is 1.74 bits per heavy atom. The van der Waals surface area contributed by atoms with Crippen molar-refractivity contribution in [1.29, 1.82) is 0 Å². The van der Waals surface area contributed by atoms with Gasteiger partial charge in [0.25, 0.3) is 0 Å². The topological polar surface area (TPSA) is 16.4 Å². The normalized spacial score (nSPS) is 14.7. The Labute approximate surface area is 379 Å². The summed E-state index contributed by atoms with van der Waals surface area (Å²) in [7, 11) is 0. The van der Waals surface area contributed by atoms with E-state index in [4.69, 9.17) is 4.42 Å². The van der Waals surface area contributed by atoms with E-state index in [1.165, 1.54) is 72.3 Å². The maximum absolute atomic E-state index is 6.53. The predicted octanol–water partition coefficient (Wildman–Crippen LogP) is 17.0. The quantitative estimate of drug-likeness (QED) is 0.159. The standard InChI is InChI=1S/C63H43NO/c1-2-17-43(18-3-1)47-20-5-6-21-48(47)49-22-7-8-23-50(49)53-25-10-14-29-58(53)64(59-30-16-32-61-62(59)54-26-11-15-31-60(54)65-61)46-36-33-42(34-37-46)45-35-38-52-51-24-9-13-28-56(51)63(57(52)41-45)40-39-44-19-4-12-27-55(44)63/h1-38,41H,39-40H2. The largest absolute Gasteiger partial charge is 0.456 e. The molecule has 13 rings (SSSR count). The van der Waals surface area contributed by atoms with E-state index in [0.717, 1.165) is 57.4 Å². The molecule has 10 aromatic carbocycles. The second-order valence-electron chi connectivity index (χ2n) is 17.5. The van der Waals surface area contributed by atoms with Crippen LogP contribution in [0.15, 0.2) is 241 Å². The molecule has 1 aromatic heterocycles. The van der Waals surface area contributed by atoms with Gasteiger partial charge in [0.15, 0.2) is 0 Å². The first-order valence-corrected chi connectivity index (χ1v) is 22.7. The summed E-state index contributed by atoms with van der Waals surface area (Å²) in [4.78, 5) is 2.44. The fraction of sp³-hybridized carbons (Fsp3) is 0.0476. The zero-order valence-electron chi connectivity index (χ0n) is 35.8. The molecule has 1 spiro atoms. The van der Waals surface area contributed by atoms with Gasteiger partial charge in [-0.25, -0.2) is 0 Å². The van der Waals surface area contributed by atoms with Gasteiger partial charge in [-0.1, -0.05) is 194 Å². The van der Waals surface area contributed by atoms with Gasteiger partial charge in [-0.15, -0.1) is 0 Å². The Kier molecular flexibility index (Phi) is 8.60. The molecule has 2 nitrogen and oxygen atoms in total. The molecule has 2 heteroatoms. The lowest BCUT2D eigenvalue weighted by molar-refractivity contribution is 0.626. The molecule has 0 saturated carbocycles. The van der Waals surface area contributed by atoms with Crippen LogP contribution in [0.2, 0.25) is 0 Å². The van der Waals surface area contributed by atoms with Gasteiger partial charge in [-0.3, -0.25) is 0 Å². The first kappa shape index (κ1) is 37.4. The SMILES string of the molecule is c1ccc(-c2ccccc2-c2ccccc2-c2ccccc2N(c2ccc(-c3ccc4c(c3)C3(CCc5ccccc53)c3ccccc3-4)cc2)c2cccc3oc4ccccc4c23)cc1. The number of nitrogens with zero attached hydrogens (tertiary/aromatic N) is 1. The van der Waals surface area contributed by atoms with Crippen molar-refractivity contribution in [2.24, 2.45) is 0 Å². The molecule has 306 valence electrons. The Balaban J connectivity index is 0.981. The van der Waals surface area contributed by atoms with Crippen molar-refractivity contribution >= 4 is 39.0 Å². The van der Waals surface area contributed by atoms with Crippen LogP contribution in [0.1, 0.15) is 28.7 Å². The molecular formula is C63H43NO. The van der Waals surface area contributed by atoms with Crippen LogP contribution in [0, 0.1) is 0 Å². The molecule has 2 aliphatic carbocycles. The molecule has 0 N–H and O–H groups in total. The van der Waals surface area contributed by atoms with Gasteiger partial charge >= 0.3 is 0 Å². The van der Waals surface area contributed by atoms with Gasteiger partial charge in [0, 0.05) is 22.1 Å². The number of para-hydroxylation sites is 2. The van der Waals surface area contributed by atoms with Gasteiger partial charge < -0.3 is 9.32 Å². The summed E-state index contributed by atoms with van der Waals surface area (Å²) >= 11 is 0. The molecule has 11 aromatic rings. The van der Waals surface area contributed by atoms with Crippen LogP contribution in [0.25, 0.3) is 77.6 Å². The zero-order valence-corrected chi connectivity index (χ0v) is 35.8. The highest BCUT2D eigenvalue weighted by Crippen LogP contribution is 2.59. The number of aryl methyl sites for hydroxylation is 1. The van der Waals surface area contributed by atoms with Crippen LogP contribution in [-0.4, -0.2) is 0 Å². The van der Waals surface area contributed by atoms with Crippen molar-refractivity contribution in [2.75, 3.05) is 4.90 Å². The number of furan rings is 1. The second kappa shape index (κ2) is 15.0. The second-order valence-corrected chi connectivity index (χ2v) is 17.5. The van der Waals surface area contributed by atoms with E-state index in [-0.39, 0.29) is 5.41 Å². The van der Waals surface area contributed by atoms with Gasteiger partial charge in [0.1, 0.15) is 11.2 Å². The molecule has 65 heavy (non-hydrogen) atoms. The Hall–Kier alpha value is -8.20. The van der Waals surface area contributed by atoms with E-state index < -0.39 is 0 Å². The van der Waals surface area contributed by atoms with E-state index in [1.807, 2.05) is 6.07 Å². The highest BCUT2D eigenvalue weighted by atomic mass is 16.3. The van der Waals surface area contributed by atoms with Crippen LogP contribution in [0.5, 0.6) is 0 Å². The first-order valence-electron chi connectivity index (χ1n) is 22.7. The summed E-state index contributed by atoms with van der Waals surface area (Å²) in [6.45, 7) is 0. The Morgan fingerprint density at radius 1 is 0.354 bits per heavy atom. The van der Waals surface area contributed by atoms with Gasteiger partial charge in [0.2, 0.25) is 0 Å². The molecule has 1 atom stereocenters. The maximum atomic E-state index is 6.53. The lowest BCUT2D eigenvalue weighted by Crippen LogP contribution is -2.23. The van der Waals surface area contributed by atoms with Gasteiger partial charge in [-0.2, -0.15) is 0 Å². The molecule has 0 fully saturated rings. The number of fused-ring (bicyclic) bond motifs is 10. The van der Waals surface area contributed by atoms with Crippen molar-refractivity contribution < 1.29 is 4.42 Å². The van der Waals surface area contributed by atoms with Crippen LogP contribution in [-0.2, 0) is 11.8 Å². The van der Waals surface area contributed by atoms with Crippen molar-refractivity contribution in [2.45, 2.75) is 18.3 Å². The fourth-order valence-electron chi connectivity index (χ4n) is 11.3. The maximum Gasteiger partial charge on any atom is 0.137 e. The van der Waals surface area contributed by atoms with Crippen LogP contribution in [0.3, 0.4) is 0 Å². The van der Waals surface area contributed by atoms with E-state index >= 15 is 0 Å². The van der Waals surface area contributed by atoms with Gasteiger partial charge in [0.05, 0.1) is 16.8 Å². The zero-order chi connectivity index (χ0) is 42.9. The van der Waals surface area contributed by atoms with Crippen LogP contribution < -0.4 is 4.90 Å². The third-order valence-corrected chi connectivity index (χ3v) is 14.1. The number of hydrogen-bond donors (Lipinski definition) is 0. The average Bonchev–Trinajstić information content (AvgIpc) is 4.05. The first-order chi connectivity index (χ1) is 32.2. The van der Waals surface area contributed by atoms with Gasteiger partial charge in [-0.05, 0) is 128 Å². The Bertz CT molecular complexity index is 3620. The highest BCUT2D eigenvalue weighted by Gasteiger charge is 2.48. The summed E-state index contributed by atoms with van der Waals surface area (Å²) in [5, 5.41) is 2.18. The third kappa shape index (κ3) is 5.81. The molecule has 0 amide bonds. The van der Waals surface area contributed by atoms with E-state index in [2.05, 4.69) is 235 Å². The van der Waals surface area contributed by atoms with Crippen molar-refractivity contribution in [1.82, 2.24) is 0 Å². The molecule has 0 saturated heterocycles. The smallest absolute Gasteiger partial charge is 0.137 e. The van der Waals surface area contributed by atoms with Crippen LogP contribution >= 0.6 is 0 Å². The minimum absolute atomic E-state index is 0.136. The summed E-state index contributed by atoms with van der Waals surface area (Å²) < 4.78 is 6.53. The van der Waals surface area contributed by atoms with E-state index in [0.29, 0.717) is 0 Å². The molecular weight excluding hydrogens is 787 g/mol. The summed E-state index contributed by atoms with van der Waals surface area (Å²) in [5.74, 6) is 0. The summed E-state index contributed by atoms with van der Waals surface area (Å²) in [6, 6.07) is 86.6. The third-order valence-electron chi connectivity index (χ3n) is 14.1. The van der Waals surface area contributed by atoms with E-state index in [9.17, 15) is 0 Å². The number of benzene rings is 10. The van der Waals surface area contributed by atoms with Crippen molar-refractivity contribution in [3.05, 3.63) is 259 Å². The molecule has 1 heterocycles. The molecule has 2 aliphatic rings. The van der Waals surface area contributed by atoms with Crippen molar-refractivity contribution in [3.8, 4) is 55.6 Å². The number of hydrogen-bond acceptors (Lipinski definition) is 2. The molecule has 0 bridgehead atoms.